The van der Waals surface area contributed by atoms with Crippen molar-refractivity contribution in [1.82, 2.24) is 9.80 Å². The molecule has 1 unspecified atom stereocenters. The minimum atomic E-state index is 0.545. The zero-order chi connectivity index (χ0) is 13.8. The van der Waals surface area contributed by atoms with Crippen molar-refractivity contribution in [2.24, 2.45) is 0 Å². The highest BCUT2D eigenvalue weighted by molar-refractivity contribution is 5.33. The van der Waals surface area contributed by atoms with E-state index in [1.165, 1.54) is 16.7 Å². The van der Waals surface area contributed by atoms with Crippen LogP contribution in [0.15, 0.2) is 48.8 Å². The molecule has 19 heavy (non-hydrogen) atoms. The summed E-state index contributed by atoms with van der Waals surface area (Å²) < 4.78 is 0. The van der Waals surface area contributed by atoms with E-state index in [4.69, 9.17) is 0 Å². The first-order chi connectivity index (χ1) is 9.10. The Morgan fingerprint density at radius 3 is 2.84 bits per heavy atom. The maximum atomic E-state index is 3.92. The van der Waals surface area contributed by atoms with Crippen LogP contribution in [0.3, 0.4) is 0 Å². The van der Waals surface area contributed by atoms with Gasteiger partial charge in [-0.2, -0.15) is 0 Å². The number of hydrogen-bond acceptors (Lipinski definition) is 2. The van der Waals surface area contributed by atoms with Crippen molar-refractivity contribution in [3.05, 3.63) is 59.9 Å². The number of rotatable bonds is 4. The molecule has 0 spiro atoms. The van der Waals surface area contributed by atoms with Crippen molar-refractivity contribution in [2.45, 2.75) is 26.3 Å². The molecule has 1 aromatic carbocycles. The highest BCUT2D eigenvalue weighted by atomic mass is 15.1. The van der Waals surface area contributed by atoms with Crippen molar-refractivity contribution in [3.8, 4) is 0 Å². The number of likely N-dealkylation sites (N-methyl/N-ethyl adjacent to an activating group) is 1. The van der Waals surface area contributed by atoms with Gasteiger partial charge in [0.25, 0.3) is 0 Å². The Morgan fingerprint density at radius 2 is 2.16 bits per heavy atom. The van der Waals surface area contributed by atoms with Crippen LogP contribution in [0.1, 0.15) is 30.9 Å². The van der Waals surface area contributed by atoms with Crippen molar-refractivity contribution in [1.29, 1.82) is 0 Å². The number of nitrogens with zero attached hydrogens (tertiary/aromatic N) is 2. The van der Waals surface area contributed by atoms with Crippen molar-refractivity contribution < 1.29 is 0 Å². The molecular formula is C17H24N2. The summed E-state index contributed by atoms with van der Waals surface area (Å²) in [7, 11) is 2.20. The maximum Gasteiger partial charge on any atom is 0.0300 e. The number of hydrogen-bond donors (Lipinski definition) is 0. The first-order valence-electron chi connectivity index (χ1n) is 6.90. The lowest BCUT2D eigenvalue weighted by Crippen LogP contribution is -2.34. The average molecular weight is 256 g/mol. The van der Waals surface area contributed by atoms with Gasteiger partial charge in [-0.3, -0.25) is 0 Å². The van der Waals surface area contributed by atoms with Gasteiger partial charge in [-0.15, -0.1) is 0 Å². The molecule has 0 bridgehead atoms. The van der Waals surface area contributed by atoms with Gasteiger partial charge in [0.05, 0.1) is 0 Å². The predicted molar refractivity (Wildman–Crippen MR) is 81.9 cm³/mol. The Bertz CT molecular complexity index is 472. The van der Waals surface area contributed by atoms with E-state index in [0.29, 0.717) is 5.92 Å². The third-order valence-electron chi connectivity index (χ3n) is 3.56. The topological polar surface area (TPSA) is 6.48 Å². The van der Waals surface area contributed by atoms with Crippen LogP contribution >= 0.6 is 0 Å². The number of fused-ring (bicyclic) bond motifs is 1. The molecule has 0 fully saturated rings. The molecule has 0 saturated carbocycles. The van der Waals surface area contributed by atoms with Gasteiger partial charge in [0.2, 0.25) is 0 Å². The van der Waals surface area contributed by atoms with Crippen LogP contribution in [-0.2, 0) is 6.54 Å². The van der Waals surface area contributed by atoms with Gasteiger partial charge in [0.1, 0.15) is 0 Å². The molecule has 2 rings (SSSR count). The second-order valence-corrected chi connectivity index (χ2v) is 5.68. The van der Waals surface area contributed by atoms with Crippen LogP contribution in [0.2, 0.25) is 0 Å². The Balaban J connectivity index is 2.20. The summed E-state index contributed by atoms with van der Waals surface area (Å²) in [4.78, 5) is 4.60. The van der Waals surface area contributed by atoms with Gasteiger partial charge in [0.15, 0.2) is 0 Å². The monoisotopic (exact) mass is 256 g/mol. The summed E-state index contributed by atoms with van der Waals surface area (Å²) in [5.74, 6) is 0.545. The average Bonchev–Trinajstić information content (AvgIpc) is 2.37. The number of benzene rings is 1. The van der Waals surface area contributed by atoms with Crippen molar-refractivity contribution in [3.63, 3.8) is 0 Å². The second kappa shape index (κ2) is 6.07. The van der Waals surface area contributed by atoms with E-state index >= 15 is 0 Å². The van der Waals surface area contributed by atoms with Crippen molar-refractivity contribution >= 4 is 0 Å². The standard InChI is InChI=1S/C17H24N2/c1-5-19(10-14(2)3)13-16-12-18(4)11-15-8-6-7-9-17(15)16/h5-10,16H,1,11-13H2,2-4H3. The van der Waals surface area contributed by atoms with Gasteiger partial charge in [-0.25, -0.2) is 0 Å². The molecule has 1 aliphatic rings. The fourth-order valence-corrected chi connectivity index (χ4v) is 2.83. The molecule has 0 aromatic heterocycles. The molecule has 1 aliphatic heterocycles. The van der Waals surface area contributed by atoms with E-state index in [0.717, 1.165) is 19.6 Å². The van der Waals surface area contributed by atoms with E-state index in [1.54, 1.807) is 0 Å². The van der Waals surface area contributed by atoms with Gasteiger partial charge in [-0.05, 0) is 38.2 Å². The third kappa shape index (κ3) is 3.48. The van der Waals surface area contributed by atoms with Crippen LogP contribution in [0.4, 0.5) is 0 Å². The smallest absolute Gasteiger partial charge is 0.0300 e. The second-order valence-electron chi connectivity index (χ2n) is 5.68. The fourth-order valence-electron chi connectivity index (χ4n) is 2.83. The Hall–Kier alpha value is -1.54. The summed E-state index contributed by atoms with van der Waals surface area (Å²) in [6, 6.07) is 8.81. The molecule has 1 atom stereocenters. The quantitative estimate of drug-likeness (QED) is 0.812. The van der Waals surface area contributed by atoms with E-state index < -0.39 is 0 Å². The van der Waals surface area contributed by atoms with Crippen LogP contribution in [0.25, 0.3) is 0 Å². The predicted octanol–water partition coefficient (Wildman–Crippen LogP) is 3.58. The maximum absolute atomic E-state index is 3.92. The molecule has 1 aromatic rings. The van der Waals surface area contributed by atoms with E-state index in [-0.39, 0.29) is 0 Å². The third-order valence-corrected chi connectivity index (χ3v) is 3.56. The lowest BCUT2D eigenvalue weighted by molar-refractivity contribution is 0.261. The summed E-state index contributed by atoms with van der Waals surface area (Å²) in [5.41, 5.74) is 4.26. The highest BCUT2D eigenvalue weighted by Crippen LogP contribution is 2.28. The van der Waals surface area contributed by atoms with Gasteiger partial charge in [0, 0.05) is 31.8 Å². The van der Waals surface area contributed by atoms with E-state index in [9.17, 15) is 0 Å². The van der Waals surface area contributed by atoms with Gasteiger partial charge in [-0.1, -0.05) is 36.4 Å². The molecule has 1 heterocycles. The summed E-state index contributed by atoms with van der Waals surface area (Å²) in [6.07, 6.45) is 4.09. The Kier molecular flexibility index (Phi) is 4.43. The van der Waals surface area contributed by atoms with Crippen LogP contribution in [-0.4, -0.2) is 29.9 Å². The summed E-state index contributed by atoms with van der Waals surface area (Å²) >= 11 is 0. The first-order valence-corrected chi connectivity index (χ1v) is 6.90. The highest BCUT2D eigenvalue weighted by Gasteiger charge is 2.23. The number of allylic oxidation sites excluding steroid dienone is 1. The van der Waals surface area contributed by atoms with E-state index in [2.05, 4.69) is 67.7 Å². The zero-order valence-electron chi connectivity index (χ0n) is 12.3. The molecule has 2 heteroatoms. The Morgan fingerprint density at radius 1 is 1.42 bits per heavy atom. The lowest BCUT2D eigenvalue weighted by Gasteiger charge is -2.34. The molecule has 0 radical (unpaired) electrons. The van der Waals surface area contributed by atoms with Gasteiger partial charge >= 0.3 is 0 Å². The normalized spacial score (nSPS) is 18.6. The molecule has 2 nitrogen and oxygen atoms in total. The first kappa shape index (κ1) is 13.9. The Labute approximate surface area is 117 Å². The van der Waals surface area contributed by atoms with Crippen molar-refractivity contribution in [2.75, 3.05) is 20.1 Å². The van der Waals surface area contributed by atoms with Crippen LogP contribution < -0.4 is 0 Å². The summed E-state index contributed by atoms with van der Waals surface area (Å²) in [5, 5.41) is 0. The zero-order valence-corrected chi connectivity index (χ0v) is 12.3. The lowest BCUT2D eigenvalue weighted by atomic mass is 9.89. The fraction of sp³-hybridized carbons (Fsp3) is 0.412. The van der Waals surface area contributed by atoms with Crippen LogP contribution in [0, 0.1) is 0 Å². The molecule has 0 amide bonds. The molecule has 0 aliphatic carbocycles. The molecule has 0 N–H and O–H groups in total. The summed E-state index contributed by atoms with van der Waals surface area (Å²) in [6.45, 7) is 11.3. The molecular weight excluding hydrogens is 232 g/mol. The SMILES string of the molecule is C=CN(C=C(C)C)CC1CN(C)Cc2ccccc21. The van der Waals surface area contributed by atoms with Gasteiger partial charge < -0.3 is 9.80 Å². The molecule has 102 valence electrons. The minimum absolute atomic E-state index is 0.545. The van der Waals surface area contributed by atoms with E-state index in [1.807, 2.05) is 6.20 Å². The van der Waals surface area contributed by atoms with Crippen LogP contribution in [0.5, 0.6) is 0 Å². The largest absolute Gasteiger partial charge is 0.354 e. The minimum Gasteiger partial charge on any atom is -0.354 e. The molecule has 0 saturated heterocycles.